The number of aromatic nitrogens is 1. The van der Waals surface area contributed by atoms with Gasteiger partial charge in [0.25, 0.3) is 0 Å². The second kappa shape index (κ2) is 5.58. The summed E-state index contributed by atoms with van der Waals surface area (Å²) in [4.78, 5) is 16.2. The van der Waals surface area contributed by atoms with Gasteiger partial charge in [0.1, 0.15) is 5.75 Å². The lowest BCUT2D eigenvalue weighted by Crippen LogP contribution is -2.09. The molecule has 6 heteroatoms. The lowest BCUT2D eigenvalue weighted by Gasteiger charge is -2.20. The summed E-state index contributed by atoms with van der Waals surface area (Å²) in [5.74, 6) is 0.981. The van der Waals surface area contributed by atoms with Crippen LogP contribution in [0.4, 0.5) is 13.2 Å². The molecule has 2 aliphatic rings. The first-order valence-electron chi connectivity index (χ1n) is 8.23. The number of ether oxygens (including phenoxy) is 1. The standard InChI is InChI=1S/C19H16F3NO2/c1-10(24)15-9-23-18(17-12-6-5-11(7-12)16(15)17)25-14-4-2-3-13(8-14)19(20,21)22/h2-4,8-9,11-12H,5-7H2,1H3. The highest BCUT2D eigenvalue weighted by atomic mass is 19.4. The predicted octanol–water partition coefficient (Wildman–Crippen LogP) is 5.46. The molecule has 0 saturated heterocycles. The number of benzene rings is 1. The number of alkyl halides is 3. The van der Waals surface area contributed by atoms with Gasteiger partial charge in [0.2, 0.25) is 5.88 Å². The van der Waals surface area contributed by atoms with Crippen LogP contribution in [0.1, 0.15) is 65.1 Å². The monoisotopic (exact) mass is 347 g/mol. The maximum absolute atomic E-state index is 12.9. The van der Waals surface area contributed by atoms with Gasteiger partial charge in [-0.1, -0.05) is 6.07 Å². The Morgan fingerprint density at radius 2 is 1.92 bits per heavy atom. The van der Waals surface area contributed by atoms with Crippen molar-refractivity contribution in [2.45, 2.75) is 44.2 Å². The molecule has 1 aromatic heterocycles. The Morgan fingerprint density at radius 1 is 1.20 bits per heavy atom. The van der Waals surface area contributed by atoms with E-state index in [2.05, 4.69) is 4.98 Å². The van der Waals surface area contributed by atoms with E-state index < -0.39 is 11.7 Å². The lowest BCUT2D eigenvalue weighted by molar-refractivity contribution is -0.137. The molecular weight excluding hydrogens is 331 g/mol. The van der Waals surface area contributed by atoms with Crippen LogP contribution in [-0.2, 0) is 6.18 Å². The fourth-order valence-electron chi connectivity index (χ4n) is 4.07. The van der Waals surface area contributed by atoms with E-state index in [0.29, 0.717) is 17.4 Å². The minimum atomic E-state index is -4.42. The third-order valence-electron chi connectivity index (χ3n) is 5.13. The number of hydrogen-bond acceptors (Lipinski definition) is 3. The van der Waals surface area contributed by atoms with Crippen LogP contribution in [0.25, 0.3) is 0 Å². The minimum absolute atomic E-state index is 0.0399. The maximum Gasteiger partial charge on any atom is 0.416 e. The first-order chi connectivity index (χ1) is 11.8. The number of fused-ring (bicyclic) bond motifs is 5. The van der Waals surface area contributed by atoms with E-state index in [1.165, 1.54) is 25.3 Å². The molecule has 4 rings (SSSR count). The fourth-order valence-corrected chi connectivity index (χ4v) is 4.07. The largest absolute Gasteiger partial charge is 0.439 e. The molecule has 1 heterocycles. The van der Waals surface area contributed by atoms with Crippen LogP contribution in [0.3, 0.4) is 0 Å². The van der Waals surface area contributed by atoms with Crippen molar-refractivity contribution in [1.29, 1.82) is 0 Å². The Morgan fingerprint density at radius 3 is 2.60 bits per heavy atom. The highest BCUT2D eigenvalue weighted by Gasteiger charge is 2.42. The normalized spacial score (nSPS) is 21.3. The number of hydrogen-bond donors (Lipinski definition) is 0. The topological polar surface area (TPSA) is 39.2 Å². The third-order valence-corrected chi connectivity index (χ3v) is 5.13. The summed E-state index contributed by atoms with van der Waals surface area (Å²) >= 11 is 0. The van der Waals surface area contributed by atoms with Crippen LogP contribution in [-0.4, -0.2) is 10.8 Å². The molecule has 1 saturated carbocycles. The van der Waals surface area contributed by atoms with Crippen LogP contribution < -0.4 is 4.74 Å². The molecule has 0 aliphatic heterocycles. The molecule has 0 spiro atoms. The van der Waals surface area contributed by atoms with Crippen molar-refractivity contribution in [3.05, 3.63) is 52.7 Å². The Labute approximate surface area is 142 Å². The zero-order chi connectivity index (χ0) is 17.8. The van der Waals surface area contributed by atoms with Crippen LogP contribution in [0.15, 0.2) is 30.5 Å². The van der Waals surface area contributed by atoms with E-state index in [4.69, 9.17) is 4.74 Å². The maximum atomic E-state index is 12.9. The summed E-state index contributed by atoms with van der Waals surface area (Å²) in [5, 5.41) is 0. The zero-order valence-corrected chi connectivity index (χ0v) is 13.6. The molecule has 2 aliphatic carbocycles. The van der Waals surface area contributed by atoms with Gasteiger partial charge in [0, 0.05) is 17.3 Å². The lowest BCUT2D eigenvalue weighted by atomic mass is 9.88. The van der Waals surface area contributed by atoms with Crippen molar-refractivity contribution >= 4 is 5.78 Å². The Bertz CT molecular complexity index is 860. The minimum Gasteiger partial charge on any atom is -0.439 e. The molecule has 1 aromatic carbocycles. The number of halogens is 3. The molecule has 3 nitrogen and oxygen atoms in total. The van der Waals surface area contributed by atoms with Gasteiger partial charge in [-0.2, -0.15) is 13.2 Å². The van der Waals surface area contributed by atoms with Crippen LogP contribution in [0, 0.1) is 0 Å². The summed E-state index contributed by atoms with van der Waals surface area (Å²) in [5.41, 5.74) is 1.74. The molecule has 0 amide bonds. The number of carbonyl (C=O) groups is 1. The van der Waals surface area contributed by atoms with E-state index >= 15 is 0 Å². The first-order valence-corrected chi connectivity index (χ1v) is 8.23. The quantitative estimate of drug-likeness (QED) is 0.692. The van der Waals surface area contributed by atoms with Gasteiger partial charge in [-0.3, -0.25) is 4.79 Å². The molecule has 0 radical (unpaired) electrons. The van der Waals surface area contributed by atoms with Crippen molar-refractivity contribution in [3.63, 3.8) is 0 Å². The molecule has 0 N–H and O–H groups in total. The number of ketones is 1. The number of carbonyl (C=O) groups excluding carboxylic acids is 1. The fraction of sp³-hybridized carbons (Fsp3) is 0.368. The van der Waals surface area contributed by atoms with E-state index in [9.17, 15) is 18.0 Å². The first kappa shape index (κ1) is 16.1. The van der Waals surface area contributed by atoms with Crippen LogP contribution >= 0.6 is 0 Å². The molecular formula is C19H16F3NO2. The van der Waals surface area contributed by atoms with E-state index in [1.54, 1.807) is 0 Å². The van der Waals surface area contributed by atoms with E-state index in [0.717, 1.165) is 42.5 Å². The van der Waals surface area contributed by atoms with Crippen LogP contribution in [0.5, 0.6) is 11.6 Å². The van der Waals surface area contributed by atoms with Crippen LogP contribution in [0.2, 0.25) is 0 Å². The summed E-state index contributed by atoms with van der Waals surface area (Å²) in [6, 6.07) is 4.77. The van der Waals surface area contributed by atoms with Crippen molar-refractivity contribution in [2.75, 3.05) is 0 Å². The second-order valence-electron chi connectivity index (χ2n) is 6.70. The van der Waals surface area contributed by atoms with Gasteiger partial charge in [0.05, 0.1) is 5.56 Å². The van der Waals surface area contributed by atoms with Crippen molar-refractivity contribution < 1.29 is 22.7 Å². The molecule has 2 aromatic rings. The Balaban J connectivity index is 1.75. The number of Topliss-reactive ketones (excluding diaryl/α,β-unsaturated/α-hetero) is 1. The van der Waals surface area contributed by atoms with Gasteiger partial charge in [-0.15, -0.1) is 0 Å². The summed E-state index contributed by atoms with van der Waals surface area (Å²) in [6.45, 7) is 1.51. The Hall–Kier alpha value is -2.37. The number of pyridine rings is 1. The average molecular weight is 347 g/mol. The molecule has 2 bridgehead atoms. The molecule has 1 fully saturated rings. The van der Waals surface area contributed by atoms with Crippen molar-refractivity contribution in [3.8, 4) is 11.6 Å². The SMILES string of the molecule is CC(=O)c1cnc(Oc2cccc(C(F)(F)F)c2)c2c1C1CCC2C1. The average Bonchev–Trinajstić information content (AvgIpc) is 3.16. The number of rotatable bonds is 3. The molecule has 130 valence electrons. The summed E-state index contributed by atoms with van der Waals surface area (Å²) in [6.07, 6.45) is 0.0575. The Kier molecular flexibility index (Phi) is 3.60. The smallest absolute Gasteiger partial charge is 0.416 e. The second-order valence-corrected chi connectivity index (χ2v) is 6.70. The van der Waals surface area contributed by atoms with Gasteiger partial charge < -0.3 is 4.74 Å². The highest BCUT2D eigenvalue weighted by Crippen LogP contribution is 2.56. The number of nitrogens with zero attached hydrogens (tertiary/aromatic N) is 1. The van der Waals surface area contributed by atoms with Gasteiger partial charge in [-0.25, -0.2) is 4.98 Å². The molecule has 2 unspecified atom stereocenters. The zero-order valence-electron chi connectivity index (χ0n) is 13.6. The summed E-state index contributed by atoms with van der Waals surface area (Å²) < 4.78 is 44.4. The third kappa shape index (κ3) is 2.69. The van der Waals surface area contributed by atoms with E-state index in [-0.39, 0.29) is 17.5 Å². The van der Waals surface area contributed by atoms with Gasteiger partial charge in [0.15, 0.2) is 5.78 Å². The van der Waals surface area contributed by atoms with Crippen molar-refractivity contribution in [1.82, 2.24) is 4.98 Å². The van der Waals surface area contributed by atoms with E-state index in [1.807, 2.05) is 0 Å². The molecule has 2 atom stereocenters. The predicted molar refractivity (Wildman–Crippen MR) is 85.1 cm³/mol. The molecule has 25 heavy (non-hydrogen) atoms. The van der Waals surface area contributed by atoms with Gasteiger partial charge in [-0.05, 0) is 61.8 Å². The van der Waals surface area contributed by atoms with Crippen molar-refractivity contribution in [2.24, 2.45) is 0 Å². The summed E-state index contributed by atoms with van der Waals surface area (Å²) in [7, 11) is 0. The highest BCUT2D eigenvalue weighted by molar-refractivity contribution is 5.96. The van der Waals surface area contributed by atoms with Gasteiger partial charge >= 0.3 is 6.18 Å².